The van der Waals surface area contributed by atoms with E-state index in [1.807, 2.05) is 18.2 Å². The summed E-state index contributed by atoms with van der Waals surface area (Å²) in [6.45, 7) is 3.36. The number of nitrogens with two attached hydrogens (primary N) is 1. The van der Waals surface area contributed by atoms with Crippen LogP contribution in [0.1, 0.15) is 30.9 Å². The number of hydrogen-bond donors (Lipinski definition) is 3. The van der Waals surface area contributed by atoms with Gasteiger partial charge in [0, 0.05) is 31.1 Å². The molecule has 4 N–H and O–H groups in total. The third kappa shape index (κ3) is 6.03. The van der Waals surface area contributed by atoms with E-state index < -0.39 is 17.8 Å². The summed E-state index contributed by atoms with van der Waals surface area (Å²) in [4.78, 5) is 23.1. The number of hydrogen-bond acceptors (Lipinski definition) is 9. The lowest BCUT2D eigenvalue weighted by atomic mass is 10.1. The van der Waals surface area contributed by atoms with Crippen molar-refractivity contribution < 1.29 is 19.0 Å². The Labute approximate surface area is 218 Å². The molecule has 0 spiro atoms. The zero-order chi connectivity index (χ0) is 26.5. The van der Waals surface area contributed by atoms with Crippen molar-refractivity contribution in [1.82, 2.24) is 29.9 Å². The number of aliphatic hydroxyl groups excluding tert-OH is 1. The monoisotopic (exact) mass is 520 g/mol. The van der Waals surface area contributed by atoms with E-state index in [0.29, 0.717) is 35.1 Å². The number of piperidine rings is 1. The molecule has 1 atom stereocenters. The molecule has 1 unspecified atom stereocenters. The number of aliphatic hydroxyl groups is 1. The van der Waals surface area contributed by atoms with E-state index in [2.05, 4.69) is 30.5 Å². The maximum atomic E-state index is 13.7. The lowest BCUT2D eigenvalue weighted by Gasteiger charge is -2.29. The van der Waals surface area contributed by atoms with Gasteiger partial charge in [-0.15, -0.1) is 5.10 Å². The summed E-state index contributed by atoms with van der Waals surface area (Å²) in [7, 11) is 0. The van der Waals surface area contributed by atoms with Crippen LogP contribution in [-0.2, 0) is 4.79 Å². The molecule has 5 rings (SSSR count). The lowest BCUT2D eigenvalue weighted by molar-refractivity contribution is -0.120. The number of nitrogens with one attached hydrogen (secondary N) is 1. The number of fused-ring (bicyclic) bond motifs is 1. The Hall–Kier alpha value is -4.16. The lowest BCUT2D eigenvalue weighted by Crippen LogP contribution is -2.36. The van der Waals surface area contributed by atoms with Crippen LogP contribution in [0, 0.1) is 5.82 Å². The zero-order valence-corrected chi connectivity index (χ0v) is 20.7. The minimum atomic E-state index is -1.02. The van der Waals surface area contributed by atoms with Crippen molar-refractivity contribution in [3.63, 3.8) is 0 Å². The highest BCUT2D eigenvalue weighted by molar-refractivity contribution is 5.91. The van der Waals surface area contributed by atoms with E-state index in [1.54, 1.807) is 6.07 Å². The molecule has 4 aromatic rings. The van der Waals surface area contributed by atoms with Gasteiger partial charge < -0.3 is 25.8 Å². The molecule has 0 saturated carbocycles. The van der Waals surface area contributed by atoms with Crippen LogP contribution in [0.25, 0.3) is 10.9 Å². The van der Waals surface area contributed by atoms with E-state index in [1.165, 1.54) is 35.4 Å². The number of anilines is 2. The molecule has 0 aliphatic carbocycles. The normalized spacial score (nSPS) is 15.4. The molecule has 12 heteroatoms. The van der Waals surface area contributed by atoms with Crippen LogP contribution in [0.4, 0.5) is 16.0 Å². The van der Waals surface area contributed by atoms with Gasteiger partial charge in [-0.2, -0.15) is 0 Å². The van der Waals surface area contributed by atoms with Crippen LogP contribution < -0.4 is 15.8 Å². The molecular formula is C26H29FN8O3. The maximum absolute atomic E-state index is 13.7. The number of benzene rings is 2. The van der Waals surface area contributed by atoms with Crippen LogP contribution in [-0.4, -0.2) is 73.2 Å². The van der Waals surface area contributed by atoms with E-state index in [9.17, 15) is 14.3 Å². The van der Waals surface area contributed by atoms with Crippen molar-refractivity contribution in [3.05, 3.63) is 66.4 Å². The Morgan fingerprint density at radius 2 is 2.05 bits per heavy atom. The third-order valence-corrected chi connectivity index (χ3v) is 6.51. The standard InChI is InChI=1S/C26H29FN8O3/c27-18-4-1-3-17(13-18)24(25(28)37)35-15-23(32-33-35)31-26-21-6-5-20(14-22(21)29-16-30-26)38-12-2-9-34-10-7-19(36)8-11-34/h1,3-6,13-16,19,24,36H,2,7-12H2,(H2,28,37)(H,29,30,31). The van der Waals surface area contributed by atoms with Crippen LogP contribution in [0.3, 0.4) is 0 Å². The molecule has 0 bridgehead atoms. The smallest absolute Gasteiger partial charge is 0.246 e. The van der Waals surface area contributed by atoms with Gasteiger partial charge in [-0.3, -0.25) is 4.79 Å². The van der Waals surface area contributed by atoms with Gasteiger partial charge in [0.2, 0.25) is 5.91 Å². The highest BCUT2D eigenvalue weighted by Gasteiger charge is 2.22. The van der Waals surface area contributed by atoms with Crippen LogP contribution in [0.15, 0.2) is 55.0 Å². The van der Waals surface area contributed by atoms with Crippen molar-refractivity contribution >= 4 is 28.4 Å². The summed E-state index contributed by atoms with van der Waals surface area (Å²) in [5, 5.41) is 21.6. The van der Waals surface area contributed by atoms with E-state index in [-0.39, 0.29) is 6.10 Å². The van der Waals surface area contributed by atoms with Gasteiger partial charge in [0.1, 0.15) is 23.7 Å². The first-order valence-electron chi connectivity index (χ1n) is 12.5. The Kier molecular flexibility index (Phi) is 7.70. The summed E-state index contributed by atoms with van der Waals surface area (Å²) in [6.07, 6.45) is 5.33. The molecule has 3 heterocycles. The molecular weight excluding hydrogens is 491 g/mol. The van der Waals surface area contributed by atoms with Gasteiger partial charge in [0.15, 0.2) is 11.9 Å². The average Bonchev–Trinajstić information content (AvgIpc) is 3.35. The predicted molar refractivity (Wildman–Crippen MR) is 138 cm³/mol. The number of nitrogens with zero attached hydrogens (tertiary/aromatic N) is 6. The Morgan fingerprint density at radius 1 is 1.21 bits per heavy atom. The molecule has 2 aromatic heterocycles. The quantitative estimate of drug-likeness (QED) is 0.268. The topological polar surface area (TPSA) is 144 Å². The molecule has 38 heavy (non-hydrogen) atoms. The van der Waals surface area contributed by atoms with Crippen LogP contribution >= 0.6 is 0 Å². The zero-order valence-electron chi connectivity index (χ0n) is 20.7. The maximum Gasteiger partial charge on any atom is 0.246 e. The summed E-state index contributed by atoms with van der Waals surface area (Å²) >= 11 is 0. The minimum Gasteiger partial charge on any atom is -0.493 e. The molecule has 0 radical (unpaired) electrons. The van der Waals surface area contributed by atoms with Crippen molar-refractivity contribution in [2.75, 3.05) is 31.6 Å². The Morgan fingerprint density at radius 3 is 2.84 bits per heavy atom. The van der Waals surface area contributed by atoms with Gasteiger partial charge in [0.05, 0.1) is 24.4 Å². The second-order valence-corrected chi connectivity index (χ2v) is 9.24. The largest absolute Gasteiger partial charge is 0.493 e. The molecule has 1 aliphatic heterocycles. The summed E-state index contributed by atoms with van der Waals surface area (Å²) in [5.41, 5.74) is 6.63. The van der Waals surface area contributed by atoms with Crippen LogP contribution in [0.2, 0.25) is 0 Å². The predicted octanol–water partition coefficient (Wildman–Crippen LogP) is 2.40. The molecule has 11 nitrogen and oxygen atoms in total. The number of carbonyl (C=O) groups excluding carboxylic acids is 1. The number of likely N-dealkylation sites (tertiary alicyclic amines) is 1. The highest BCUT2D eigenvalue weighted by atomic mass is 19.1. The molecule has 1 saturated heterocycles. The average molecular weight is 521 g/mol. The Bertz CT molecular complexity index is 1410. The molecule has 2 aromatic carbocycles. The van der Waals surface area contributed by atoms with E-state index in [0.717, 1.165) is 44.3 Å². The number of primary amides is 1. The van der Waals surface area contributed by atoms with Gasteiger partial charge in [-0.05, 0) is 49.1 Å². The van der Waals surface area contributed by atoms with E-state index >= 15 is 0 Å². The number of ether oxygens (including phenoxy) is 1. The number of rotatable bonds is 10. The summed E-state index contributed by atoms with van der Waals surface area (Å²) < 4.78 is 20.9. The van der Waals surface area contributed by atoms with Gasteiger partial charge in [-0.1, -0.05) is 17.3 Å². The number of halogens is 1. The minimum absolute atomic E-state index is 0.166. The van der Waals surface area contributed by atoms with Crippen molar-refractivity contribution in [1.29, 1.82) is 0 Å². The second kappa shape index (κ2) is 11.5. The first kappa shape index (κ1) is 25.5. The first-order chi connectivity index (χ1) is 18.5. The fourth-order valence-electron chi connectivity index (χ4n) is 4.55. The van der Waals surface area contributed by atoms with E-state index in [4.69, 9.17) is 10.5 Å². The van der Waals surface area contributed by atoms with Gasteiger partial charge in [-0.25, -0.2) is 19.0 Å². The fourth-order valence-corrected chi connectivity index (χ4v) is 4.55. The highest BCUT2D eigenvalue weighted by Crippen LogP contribution is 2.26. The van der Waals surface area contributed by atoms with Gasteiger partial charge in [0.25, 0.3) is 0 Å². The molecule has 198 valence electrons. The third-order valence-electron chi connectivity index (χ3n) is 6.51. The first-order valence-corrected chi connectivity index (χ1v) is 12.5. The molecule has 1 amide bonds. The van der Waals surface area contributed by atoms with Crippen molar-refractivity contribution in [2.24, 2.45) is 5.73 Å². The van der Waals surface area contributed by atoms with Gasteiger partial charge >= 0.3 is 0 Å². The van der Waals surface area contributed by atoms with Crippen molar-refractivity contribution in [3.8, 4) is 5.75 Å². The summed E-state index contributed by atoms with van der Waals surface area (Å²) in [6, 6.07) is 10.2. The second-order valence-electron chi connectivity index (χ2n) is 9.24. The Balaban J connectivity index is 1.24. The molecule has 1 aliphatic rings. The number of aromatic nitrogens is 5. The SMILES string of the molecule is NC(=O)C(c1cccc(F)c1)n1cc(Nc2ncnc3cc(OCCCN4CCC(O)CC4)ccc23)nn1. The van der Waals surface area contributed by atoms with Crippen molar-refractivity contribution in [2.45, 2.75) is 31.4 Å². The fraction of sp³-hybridized carbons (Fsp3) is 0.346. The number of carbonyl (C=O) groups is 1. The number of amides is 1. The summed E-state index contributed by atoms with van der Waals surface area (Å²) in [5.74, 6) is 0.370. The molecule has 1 fully saturated rings. The van der Waals surface area contributed by atoms with Crippen LogP contribution in [0.5, 0.6) is 5.75 Å².